The molecule has 25 heavy (non-hydrogen) atoms. The van der Waals surface area contributed by atoms with Crippen LogP contribution < -0.4 is 4.94 Å². The first-order valence-corrected chi connectivity index (χ1v) is 6.09. The summed E-state index contributed by atoms with van der Waals surface area (Å²) in [5, 5.41) is 2.62. The van der Waals surface area contributed by atoms with E-state index in [2.05, 4.69) is 4.94 Å². The number of rotatable bonds is 1. The van der Waals surface area contributed by atoms with Gasteiger partial charge < -0.3 is 5.11 Å². The van der Waals surface area contributed by atoms with Gasteiger partial charge in [-0.25, -0.2) is 26.3 Å². The van der Waals surface area contributed by atoms with Crippen LogP contribution in [0.3, 0.4) is 0 Å². The van der Waals surface area contributed by atoms with Gasteiger partial charge in [0.2, 0.25) is 17.4 Å². The van der Waals surface area contributed by atoms with Crippen molar-refractivity contribution in [2.75, 3.05) is 0 Å². The fourth-order valence-electron chi connectivity index (χ4n) is 2.47. The van der Waals surface area contributed by atoms with E-state index in [1.54, 1.807) is 0 Å². The first-order valence-electron chi connectivity index (χ1n) is 6.09. The van der Waals surface area contributed by atoms with E-state index in [-0.39, 0.29) is 0 Å². The first kappa shape index (κ1) is 17.0. The fourth-order valence-corrected chi connectivity index (χ4v) is 2.47. The van der Waals surface area contributed by atoms with Crippen molar-refractivity contribution in [1.29, 1.82) is 0 Å². The van der Waals surface area contributed by atoms with E-state index in [0.717, 1.165) is 0 Å². The Morgan fingerprint density at radius 2 is 0.920 bits per heavy atom. The van der Waals surface area contributed by atoms with Gasteiger partial charge in [0.15, 0.2) is 40.7 Å². The quantitative estimate of drug-likeness (QED) is 0.280. The van der Waals surface area contributed by atoms with Crippen LogP contribution >= 0.6 is 0 Å². The predicted molar refractivity (Wildman–Crippen MR) is 64.5 cm³/mol. The van der Waals surface area contributed by atoms with E-state index in [1.165, 1.54) is 0 Å². The zero-order valence-corrected chi connectivity index (χ0v) is 11.3. The molecule has 132 valence electrons. The number of phenolic OH excluding ortho intramolecular Hbond substituents is 1. The molecule has 1 N–H and O–H groups in total. The number of hydrogen-bond donors (Lipinski definition) is 1. The van der Waals surface area contributed by atoms with Crippen molar-refractivity contribution < 1.29 is 49.7 Å². The number of halogens is 9. The lowest BCUT2D eigenvalue weighted by Crippen LogP contribution is -2.05. The third-order valence-electron chi connectivity index (χ3n) is 3.54. The minimum absolute atomic E-state index is 1.58. The molecule has 0 atom stereocenters. The molecule has 3 rings (SSSR count). The summed E-state index contributed by atoms with van der Waals surface area (Å²) in [6.45, 7) is 0. The largest absolute Gasteiger partial charge is 0.504 e. The SMILES string of the molecule is Oc1c(F)c(F)c(OF)c2c1c(F)c(F)c1c(F)c(F)c(F)c(F)c12. The Balaban J connectivity index is 2.87. The summed E-state index contributed by atoms with van der Waals surface area (Å²) in [6.07, 6.45) is 0. The first-order chi connectivity index (χ1) is 11.6. The predicted octanol–water partition coefficient (Wildman–Crippen LogP) is 5.07. The Morgan fingerprint density at radius 3 is 1.44 bits per heavy atom. The monoisotopic (exact) mass is 372 g/mol. The summed E-state index contributed by atoms with van der Waals surface area (Å²) in [6, 6.07) is 0. The molecule has 0 saturated heterocycles. The van der Waals surface area contributed by atoms with Gasteiger partial charge in [0.25, 0.3) is 0 Å². The van der Waals surface area contributed by atoms with Crippen LogP contribution in [0.5, 0.6) is 11.5 Å². The van der Waals surface area contributed by atoms with E-state index in [0.29, 0.717) is 0 Å². The summed E-state index contributed by atoms with van der Waals surface area (Å²) in [5.41, 5.74) is 0. The molecule has 3 aromatic rings. The maximum Gasteiger partial charge on any atom is 0.219 e. The molecule has 0 spiro atoms. The van der Waals surface area contributed by atoms with E-state index in [1.807, 2.05) is 0 Å². The Kier molecular flexibility index (Phi) is 3.62. The number of aromatic hydroxyl groups is 1. The molecule has 0 aliphatic heterocycles. The van der Waals surface area contributed by atoms with Crippen molar-refractivity contribution >= 4 is 21.5 Å². The third kappa shape index (κ3) is 1.94. The summed E-state index contributed by atoms with van der Waals surface area (Å²) >= 11 is 0. The van der Waals surface area contributed by atoms with Gasteiger partial charge in [-0.05, 0) is 0 Å². The Morgan fingerprint density at radius 1 is 0.480 bits per heavy atom. The molecule has 0 aliphatic carbocycles. The van der Waals surface area contributed by atoms with Crippen LogP contribution in [0, 0.1) is 46.5 Å². The average molecular weight is 372 g/mol. The molecule has 11 heteroatoms. The summed E-state index contributed by atoms with van der Waals surface area (Å²) in [5.74, 6) is -23.0. The second kappa shape index (κ2) is 5.33. The lowest BCUT2D eigenvalue weighted by molar-refractivity contribution is -0.00931. The van der Waals surface area contributed by atoms with Crippen LogP contribution in [-0.2, 0) is 0 Å². The number of hydrogen-bond acceptors (Lipinski definition) is 2. The minimum Gasteiger partial charge on any atom is -0.504 e. The zero-order valence-electron chi connectivity index (χ0n) is 11.3. The van der Waals surface area contributed by atoms with Crippen molar-refractivity contribution in [3.63, 3.8) is 0 Å². The average Bonchev–Trinajstić information content (AvgIpc) is 2.59. The van der Waals surface area contributed by atoms with Crippen molar-refractivity contribution in [3.8, 4) is 11.5 Å². The molecule has 0 bridgehead atoms. The van der Waals surface area contributed by atoms with Crippen LogP contribution in [0.4, 0.5) is 39.6 Å². The molecule has 0 aliphatic rings. The van der Waals surface area contributed by atoms with Crippen molar-refractivity contribution in [2.24, 2.45) is 0 Å². The summed E-state index contributed by atoms with van der Waals surface area (Å²) in [4.78, 5) is 2.94. The second-order valence-electron chi connectivity index (χ2n) is 4.77. The topological polar surface area (TPSA) is 29.5 Å². The van der Waals surface area contributed by atoms with E-state index >= 15 is 0 Å². The molecule has 2 nitrogen and oxygen atoms in total. The Hall–Kier alpha value is -2.85. The van der Waals surface area contributed by atoms with Crippen molar-refractivity contribution in [1.82, 2.24) is 0 Å². The molecular weight excluding hydrogens is 371 g/mol. The fraction of sp³-hybridized carbons (Fsp3) is 0. The van der Waals surface area contributed by atoms with Gasteiger partial charge in [0, 0.05) is 15.3 Å². The van der Waals surface area contributed by atoms with E-state index < -0.39 is 79.6 Å². The number of benzene rings is 3. The maximum atomic E-state index is 14.1. The highest BCUT2D eigenvalue weighted by Crippen LogP contribution is 2.46. The second-order valence-corrected chi connectivity index (χ2v) is 4.77. The van der Waals surface area contributed by atoms with Crippen LogP contribution in [0.1, 0.15) is 0 Å². The van der Waals surface area contributed by atoms with Crippen LogP contribution in [-0.4, -0.2) is 5.11 Å². The smallest absolute Gasteiger partial charge is 0.219 e. The summed E-state index contributed by atoms with van der Waals surface area (Å²) in [7, 11) is 0. The molecule has 0 amide bonds. The van der Waals surface area contributed by atoms with Crippen LogP contribution in [0.2, 0.25) is 0 Å². The van der Waals surface area contributed by atoms with Gasteiger partial charge in [-0.3, -0.25) is 4.94 Å². The van der Waals surface area contributed by atoms with Gasteiger partial charge in [0.1, 0.15) is 0 Å². The number of fused-ring (bicyclic) bond motifs is 3. The molecule has 0 unspecified atom stereocenters. The maximum absolute atomic E-state index is 14.1. The highest BCUT2D eigenvalue weighted by molar-refractivity contribution is 6.13. The molecule has 0 saturated carbocycles. The van der Waals surface area contributed by atoms with Gasteiger partial charge in [-0.2, -0.15) is 8.78 Å². The van der Waals surface area contributed by atoms with Crippen LogP contribution in [0.25, 0.3) is 21.5 Å². The highest BCUT2D eigenvalue weighted by atomic mass is 19.3. The van der Waals surface area contributed by atoms with Gasteiger partial charge >= 0.3 is 0 Å². The lowest BCUT2D eigenvalue weighted by atomic mass is 9.97. The molecule has 3 aromatic carbocycles. The molecular formula is C14HF9O2. The van der Waals surface area contributed by atoms with Crippen LogP contribution in [0.15, 0.2) is 0 Å². The minimum atomic E-state index is -2.53. The Bertz CT molecular complexity index is 1080. The zero-order chi connectivity index (χ0) is 18.8. The van der Waals surface area contributed by atoms with Gasteiger partial charge in [-0.15, -0.1) is 0 Å². The normalized spacial score (nSPS) is 11.6. The molecule has 0 radical (unpaired) electrons. The molecule has 0 aromatic heterocycles. The molecule has 0 fully saturated rings. The number of phenols is 1. The van der Waals surface area contributed by atoms with E-state index in [9.17, 15) is 44.8 Å². The molecule has 0 heterocycles. The van der Waals surface area contributed by atoms with Gasteiger partial charge in [-0.1, -0.05) is 0 Å². The highest BCUT2D eigenvalue weighted by Gasteiger charge is 2.33. The standard InChI is InChI=1S/C14HF9O2/c15-5-1-2-4(13(24)11(21)12(22)14(2)25-23)8(18)6(16)3(1)7(17)10(20)9(5)19/h24H. The summed E-state index contributed by atoms with van der Waals surface area (Å²) < 4.78 is 122. The van der Waals surface area contributed by atoms with E-state index in [4.69, 9.17) is 0 Å². The van der Waals surface area contributed by atoms with Gasteiger partial charge in [0.05, 0.1) is 10.8 Å². The third-order valence-corrected chi connectivity index (χ3v) is 3.54. The van der Waals surface area contributed by atoms with Crippen molar-refractivity contribution in [2.45, 2.75) is 0 Å². The lowest BCUT2D eigenvalue weighted by Gasteiger charge is -2.14. The van der Waals surface area contributed by atoms with Crippen molar-refractivity contribution in [3.05, 3.63) is 46.5 Å². The Labute approximate surface area is 130 Å².